The van der Waals surface area contributed by atoms with Gasteiger partial charge in [-0.2, -0.15) is 0 Å². The normalized spacial score (nSPS) is 11.1. The molecule has 0 unspecified atom stereocenters. The minimum absolute atomic E-state index is 0.188. The van der Waals surface area contributed by atoms with Gasteiger partial charge in [-0.3, -0.25) is 4.99 Å². The van der Waals surface area contributed by atoms with E-state index in [9.17, 15) is 9.59 Å². The molecule has 162 valence electrons. The van der Waals surface area contributed by atoms with Crippen LogP contribution in [-0.4, -0.2) is 30.4 Å². The number of aromatic carboxylic acids is 1. The first-order valence-corrected chi connectivity index (χ1v) is 10.8. The molecule has 0 amide bonds. The molecule has 6 nitrogen and oxygen atoms in total. The summed E-state index contributed by atoms with van der Waals surface area (Å²) in [5, 5.41) is 8.96. The number of carboxylic acid groups (broad SMARTS) is 1. The molecule has 0 heterocycles. The summed E-state index contributed by atoms with van der Waals surface area (Å²) >= 11 is 6.80. The van der Waals surface area contributed by atoms with Gasteiger partial charge in [0.05, 0.1) is 22.8 Å². The fourth-order valence-corrected chi connectivity index (χ4v) is 3.62. The van der Waals surface area contributed by atoms with Crippen LogP contribution < -0.4 is 9.47 Å². The lowest BCUT2D eigenvalue weighted by Crippen LogP contribution is -2.06. The fourth-order valence-electron chi connectivity index (χ4n) is 2.66. The van der Waals surface area contributed by atoms with E-state index in [1.54, 1.807) is 36.6 Å². The number of ether oxygens (including phenoxy) is 2. The molecule has 0 aromatic heterocycles. The number of benzene rings is 3. The van der Waals surface area contributed by atoms with Crippen molar-refractivity contribution in [3.63, 3.8) is 0 Å². The molecule has 0 radical (unpaired) electrons. The third-order valence-corrected chi connectivity index (χ3v) is 5.27. The summed E-state index contributed by atoms with van der Waals surface area (Å²) in [7, 11) is 1.47. The highest BCUT2D eigenvalue weighted by atomic mass is 79.9. The molecule has 1 N–H and O–H groups in total. The van der Waals surface area contributed by atoms with Crippen molar-refractivity contribution >= 4 is 61.8 Å². The molecule has 0 aliphatic carbocycles. The van der Waals surface area contributed by atoms with E-state index < -0.39 is 11.9 Å². The Morgan fingerprint density at radius 3 is 2.41 bits per heavy atom. The minimum Gasteiger partial charge on any atom is -0.493 e. The summed E-state index contributed by atoms with van der Waals surface area (Å²) in [6.07, 6.45) is 4.59. The highest BCUT2D eigenvalue weighted by Crippen LogP contribution is 2.36. The molecular weight excluding hydrogens is 542 g/mol. The lowest BCUT2D eigenvalue weighted by Gasteiger charge is -2.11. The molecule has 0 fully saturated rings. The van der Waals surface area contributed by atoms with E-state index in [1.165, 1.54) is 25.3 Å². The van der Waals surface area contributed by atoms with Crippen LogP contribution in [0.1, 0.15) is 21.5 Å². The SMILES string of the molecule is COc1cc(C=Nc2ccc(C(=O)O)cc2)cc(Br)c1OC(=O)/C=C/c1cccc(Br)c1. The highest BCUT2D eigenvalue weighted by molar-refractivity contribution is 9.10. The maximum atomic E-state index is 12.3. The Morgan fingerprint density at radius 1 is 1.00 bits per heavy atom. The zero-order valence-corrected chi connectivity index (χ0v) is 20.0. The summed E-state index contributed by atoms with van der Waals surface area (Å²) < 4.78 is 12.3. The number of carbonyl (C=O) groups excluding carboxylic acids is 1. The predicted octanol–water partition coefficient (Wildman–Crippen LogP) is 6.29. The Kier molecular flexibility index (Phi) is 7.97. The second-order valence-corrected chi connectivity index (χ2v) is 8.22. The van der Waals surface area contributed by atoms with Gasteiger partial charge in [0.15, 0.2) is 11.5 Å². The van der Waals surface area contributed by atoms with Crippen LogP contribution in [-0.2, 0) is 4.79 Å². The predicted molar refractivity (Wildman–Crippen MR) is 130 cm³/mol. The zero-order valence-electron chi connectivity index (χ0n) is 16.8. The topological polar surface area (TPSA) is 85.2 Å². The Morgan fingerprint density at radius 2 is 1.75 bits per heavy atom. The first-order chi connectivity index (χ1) is 15.4. The molecule has 3 rings (SSSR count). The molecule has 0 atom stereocenters. The van der Waals surface area contributed by atoms with Crippen LogP contribution >= 0.6 is 31.9 Å². The van der Waals surface area contributed by atoms with Crippen molar-refractivity contribution in [3.05, 3.63) is 92.4 Å². The number of carbonyl (C=O) groups is 2. The average Bonchev–Trinajstić information content (AvgIpc) is 2.78. The average molecular weight is 559 g/mol. The van der Waals surface area contributed by atoms with Gasteiger partial charge >= 0.3 is 11.9 Å². The Bertz CT molecular complexity index is 1200. The van der Waals surface area contributed by atoms with Gasteiger partial charge in [0.2, 0.25) is 0 Å². The van der Waals surface area contributed by atoms with Gasteiger partial charge in [-0.25, -0.2) is 9.59 Å². The molecule has 0 aliphatic heterocycles. The number of nitrogens with zero attached hydrogens (tertiary/aromatic N) is 1. The van der Waals surface area contributed by atoms with E-state index >= 15 is 0 Å². The second-order valence-electron chi connectivity index (χ2n) is 6.45. The zero-order chi connectivity index (χ0) is 23.1. The number of rotatable bonds is 7. The van der Waals surface area contributed by atoms with E-state index in [2.05, 4.69) is 36.9 Å². The van der Waals surface area contributed by atoms with Crippen molar-refractivity contribution in [1.82, 2.24) is 0 Å². The highest BCUT2D eigenvalue weighted by Gasteiger charge is 2.14. The van der Waals surface area contributed by atoms with Crippen LogP contribution in [0.15, 0.2) is 80.7 Å². The van der Waals surface area contributed by atoms with Gasteiger partial charge < -0.3 is 14.6 Å². The second kappa shape index (κ2) is 10.9. The van der Waals surface area contributed by atoms with Crippen molar-refractivity contribution in [3.8, 4) is 11.5 Å². The maximum absolute atomic E-state index is 12.3. The van der Waals surface area contributed by atoms with Gasteiger partial charge in [-0.15, -0.1) is 0 Å². The van der Waals surface area contributed by atoms with Gasteiger partial charge in [-0.1, -0.05) is 28.1 Å². The molecule has 0 saturated carbocycles. The fraction of sp³-hybridized carbons (Fsp3) is 0.0417. The summed E-state index contributed by atoms with van der Waals surface area (Å²) in [6.45, 7) is 0. The number of methoxy groups -OCH3 is 1. The van der Waals surface area contributed by atoms with Crippen molar-refractivity contribution < 1.29 is 24.2 Å². The third kappa shape index (κ3) is 6.38. The van der Waals surface area contributed by atoms with E-state index in [-0.39, 0.29) is 11.3 Å². The van der Waals surface area contributed by atoms with Crippen molar-refractivity contribution in [2.45, 2.75) is 0 Å². The number of carboxylic acids is 1. The van der Waals surface area contributed by atoms with Crippen LogP contribution in [0.5, 0.6) is 11.5 Å². The van der Waals surface area contributed by atoms with Gasteiger partial charge in [0.1, 0.15) is 0 Å². The molecule has 0 spiro atoms. The lowest BCUT2D eigenvalue weighted by atomic mass is 10.2. The molecular formula is C24H17Br2NO5. The number of esters is 1. The number of aliphatic imine (C=N–C) groups is 1. The van der Waals surface area contributed by atoms with E-state index in [1.807, 2.05) is 24.3 Å². The molecule has 8 heteroatoms. The van der Waals surface area contributed by atoms with Crippen molar-refractivity contribution in [2.75, 3.05) is 7.11 Å². The number of hydrogen-bond acceptors (Lipinski definition) is 5. The van der Waals surface area contributed by atoms with Crippen molar-refractivity contribution in [2.24, 2.45) is 4.99 Å². The molecule has 0 bridgehead atoms. The standard InChI is InChI=1S/C24H17Br2NO5/c1-31-21-13-16(14-27-19-8-6-17(7-9-19)24(29)30)12-20(26)23(21)32-22(28)10-5-15-3-2-4-18(25)11-15/h2-14H,1H3,(H,29,30)/b10-5+,27-14?. The Hall–Kier alpha value is -3.23. The maximum Gasteiger partial charge on any atom is 0.336 e. The summed E-state index contributed by atoms with van der Waals surface area (Å²) in [5.74, 6) is -0.944. The van der Waals surface area contributed by atoms with E-state index in [4.69, 9.17) is 14.6 Å². The number of halogens is 2. The molecule has 3 aromatic carbocycles. The largest absolute Gasteiger partial charge is 0.493 e. The van der Waals surface area contributed by atoms with Crippen LogP contribution in [0.4, 0.5) is 5.69 Å². The van der Waals surface area contributed by atoms with Gasteiger partial charge in [-0.05, 0) is 81.7 Å². The first-order valence-electron chi connectivity index (χ1n) is 9.26. The smallest absolute Gasteiger partial charge is 0.336 e. The molecule has 0 aliphatic rings. The Balaban J connectivity index is 1.75. The number of hydrogen-bond donors (Lipinski definition) is 1. The third-order valence-electron chi connectivity index (χ3n) is 4.19. The monoisotopic (exact) mass is 557 g/mol. The minimum atomic E-state index is -0.995. The van der Waals surface area contributed by atoms with Crippen LogP contribution in [0, 0.1) is 0 Å². The van der Waals surface area contributed by atoms with E-state index in [0.717, 1.165) is 10.0 Å². The summed E-state index contributed by atoms with van der Waals surface area (Å²) in [6, 6.07) is 17.1. The molecule has 3 aromatic rings. The molecule has 32 heavy (non-hydrogen) atoms. The first kappa shape index (κ1) is 23.4. The van der Waals surface area contributed by atoms with Crippen LogP contribution in [0.3, 0.4) is 0 Å². The summed E-state index contributed by atoms with van der Waals surface area (Å²) in [5.41, 5.74) is 2.33. The Labute approximate surface area is 201 Å². The summed E-state index contributed by atoms with van der Waals surface area (Å²) in [4.78, 5) is 27.6. The van der Waals surface area contributed by atoms with E-state index in [0.29, 0.717) is 21.5 Å². The van der Waals surface area contributed by atoms with Crippen LogP contribution in [0.25, 0.3) is 6.08 Å². The van der Waals surface area contributed by atoms with Crippen LogP contribution in [0.2, 0.25) is 0 Å². The van der Waals surface area contributed by atoms with Crippen molar-refractivity contribution in [1.29, 1.82) is 0 Å². The van der Waals surface area contributed by atoms with Gasteiger partial charge in [0, 0.05) is 16.8 Å². The molecule has 0 saturated heterocycles. The lowest BCUT2D eigenvalue weighted by molar-refractivity contribution is -0.129. The quantitative estimate of drug-likeness (QED) is 0.159. The van der Waals surface area contributed by atoms with Gasteiger partial charge in [0.25, 0.3) is 0 Å².